The normalized spacial score (nSPS) is 13.0. The highest BCUT2D eigenvalue weighted by atomic mass is 16.5. The molecule has 0 bridgehead atoms. The van der Waals surface area contributed by atoms with Gasteiger partial charge in [0.1, 0.15) is 0 Å². The monoisotopic (exact) mass is 378 g/mol. The minimum atomic E-state index is 0.121. The highest BCUT2D eigenvalue weighted by Gasteiger charge is 2.04. The van der Waals surface area contributed by atoms with E-state index in [1.165, 1.54) is 5.56 Å². The number of benzene rings is 1. The molecule has 1 atom stereocenters. The van der Waals surface area contributed by atoms with E-state index in [0.717, 1.165) is 58.1 Å². The van der Waals surface area contributed by atoms with Crippen LogP contribution < -0.4 is 10.6 Å². The number of hydrogen-bond acceptors (Lipinski definition) is 4. The predicted octanol–water partition coefficient (Wildman–Crippen LogP) is 2.68. The molecular formula is C21H38N4O2. The average molecular weight is 379 g/mol. The standard InChI is InChI=1S/C21H38N4O2/c1-5-22-21(24-14-16-25(3)15-10-17-26-4)23-13-9-18-27-19(2)20-11-7-6-8-12-20/h6-8,11-12,19H,5,9-10,13-18H2,1-4H3,(H2,22,23,24). The summed E-state index contributed by atoms with van der Waals surface area (Å²) < 4.78 is 11.0. The van der Waals surface area contributed by atoms with E-state index in [9.17, 15) is 0 Å². The van der Waals surface area contributed by atoms with Gasteiger partial charge in [0.15, 0.2) is 5.96 Å². The first-order chi connectivity index (χ1) is 13.2. The molecule has 2 N–H and O–H groups in total. The average Bonchev–Trinajstić information content (AvgIpc) is 2.68. The third-order valence-electron chi connectivity index (χ3n) is 4.23. The molecule has 1 aromatic carbocycles. The van der Waals surface area contributed by atoms with Crippen molar-refractivity contribution in [3.05, 3.63) is 35.9 Å². The van der Waals surface area contributed by atoms with Gasteiger partial charge in [-0.3, -0.25) is 4.99 Å². The van der Waals surface area contributed by atoms with Crippen LogP contribution in [-0.4, -0.2) is 71.0 Å². The summed E-state index contributed by atoms with van der Waals surface area (Å²) in [5, 5.41) is 6.69. The summed E-state index contributed by atoms with van der Waals surface area (Å²) in [6.07, 6.45) is 2.09. The van der Waals surface area contributed by atoms with E-state index < -0.39 is 0 Å². The predicted molar refractivity (Wildman–Crippen MR) is 113 cm³/mol. The van der Waals surface area contributed by atoms with Crippen molar-refractivity contribution in [2.45, 2.75) is 32.8 Å². The molecule has 0 fully saturated rings. The Morgan fingerprint density at radius 3 is 2.59 bits per heavy atom. The Labute approximate surface area is 165 Å². The summed E-state index contributed by atoms with van der Waals surface area (Å²) in [7, 11) is 3.88. The third-order valence-corrected chi connectivity index (χ3v) is 4.23. The second-order valence-electron chi connectivity index (χ2n) is 6.61. The van der Waals surface area contributed by atoms with Crippen LogP contribution >= 0.6 is 0 Å². The van der Waals surface area contributed by atoms with Gasteiger partial charge in [-0.25, -0.2) is 0 Å². The van der Waals surface area contributed by atoms with Crippen molar-refractivity contribution in [2.75, 3.05) is 60.1 Å². The number of nitrogens with zero attached hydrogens (tertiary/aromatic N) is 2. The molecule has 6 heteroatoms. The van der Waals surface area contributed by atoms with Gasteiger partial charge in [0.25, 0.3) is 0 Å². The number of ether oxygens (including phenoxy) is 2. The van der Waals surface area contributed by atoms with Crippen LogP contribution in [0.2, 0.25) is 0 Å². The zero-order valence-corrected chi connectivity index (χ0v) is 17.5. The van der Waals surface area contributed by atoms with E-state index in [-0.39, 0.29) is 6.10 Å². The van der Waals surface area contributed by atoms with Crippen molar-refractivity contribution in [1.82, 2.24) is 15.5 Å². The third kappa shape index (κ3) is 11.6. The molecule has 0 aliphatic rings. The largest absolute Gasteiger partial charge is 0.385 e. The lowest BCUT2D eigenvalue weighted by Crippen LogP contribution is -2.41. The summed E-state index contributed by atoms with van der Waals surface area (Å²) in [6, 6.07) is 10.3. The van der Waals surface area contributed by atoms with Crippen LogP contribution in [0.4, 0.5) is 0 Å². The highest BCUT2D eigenvalue weighted by molar-refractivity contribution is 5.79. The number of hydrogen-bond donors (Lipinski definition) is 2. The number of nitrogens with one attached hydrogen (secondary N) is 2. The molecule has 0 aliphatic heterocycles. The molecule has 1 rings (SSSR count). The summed E-state index contributed by atoms with van der Waals surface area (Å²) in [5.41, 5.74) is 1.21. The van der Waals surface area contributed by atoms with Gasteiger partial charge in [-0.05, 0) is 39.3 Å². The Balaban J connectivity index is 2.20. The number of rotatable bonds is 14. The number of guanidine groups is 1. The maximum absolute atomic E-state index is 5.90. The van der Waals surface area contributed by atoms with Gasteiger partial charge in [0.2, 0.25) is 0 Å². The van der Waals surface area contributed by atoms with Crippen LogP contribution in [0.25, 0.3) is 0 Å². The molecule has 1 aromatic rings. The highest BCUT2D eigenvalue weighted by Crippen LogP contribution is 2.15. The van der Waals surface area contributed by atoms with Gasteiger partial charge in [-0.15, -0.1) is 0 Å². The Morgan fingerprint density at radius 1 is 1.11 bits per heavy atom. The van der Waals surface area contributed by atoms with E-state index in [2.05, 4.69) is 53.6 Å². The summed E-state index contributed by atoms with van der Waals surface area (Å²) >= 11 is 0. The Bertz CT molecular complexity index is 496. The molecule has 0 heterocycles. The molecule has 0 saturated heterocycles. The van der Waals surface area contributed by atoms with Crippen molar-refractivity contribution in [2.24, 2.45) is 4.99 Å². The smallest absolute Gasteiger partial charge is 0.191 e. The van der Waals surface area contributed by atoms with E-state index >= 15 is 0 Å². The lowest BCUT2D eigenvalue weighted by molar-refractivity contribution is 0.0652. The fourth-order valence-electron chi connectivity index (χ4n) is 2.63. The quantitative estimate of drug-likeness (QED) is 0.296. The maximum Gasteiger partial charge on any atom is 0.191 e. The van der Waals surface area contributed by atoms with Crippen molar-refractivity contribution >= 4 is 5.96 Å². The second kappa shape index (κ2) is 15.4. The first-order valence-corrected chi connectivity index (χ1v) is 10.0. The van der Waals surface area contributed by atoms with E-state index in [1.54, 1.807) is 7.11 Å². The first kappa shape index (κ1) is 23.4. The fraction of sp³-hybridized carbons (Fsp3) is 0.667. The minimum Gasteiger partial charge on any atom is -0.385 e. The van der Waals surface area contributed by atoms with Crippen molar-refractivity contribution in [1.29, 1.82) is 0 Å². The van der Waals surface area contributed by atoms with Crippen LogP contribution in [0.1, 0.15) is 38.4 Å². The number of likely N-dealkylation sites (N-methyl/N-ethyl adjacent to an activating group) is 1. The van der Waals surface area contributed by atoms with Gasteiger partial charge in [-0.2, -0.15) is 0 Å². The minimum absolute atomic E-state index is 0.121. The van der Waals surface area contributed by atoms with Crippen molar-refractivity contribution in [3.8, 4) is 0 Å². The topological polar surface area (TPSA) is 58.1 Å². The molecule has 0 aromatic heterocycles. The van der Waals surface area contributed by atoms with Crippen LogP contribution in [0.3, 0.4) is 0 Å². The van der Waals surface area contributed by atoms with Gasteiger partial charge >= 0.3 is 0 Å². The van der Waals surface area contributed by atoms with E-state index in [1.807, 2.05) is 18.2 Å². The molecule has 0 spiro atoms. The first-order valence-electron chi connectivity index (χ1n) is 10.0. The van der Waals surface area contributed by atoms with Gasteiger partial charge in [0, 0.05) is 53.0 Å². The van der Waals surface area contributed by atoms with E-state index in [0.29, 0.717) is 6.61 Å². The van der Waals surface area contributed by atoms with Crippen LogP contribution in [0.15, 0.2) is 35.3 Å². The van der Waals surface area contributed by atoms with Crippen molar-refractivity contribution in [3.63, 3.8) is 0 Å². The van der Waals surface area contributed by atoms with Gasteiger partial charge < -0.3 is 25.0 Å². The molecule has 0 saturated carbocycles. The van der Waals surface area contributed by atoms with Gasteiger partial charge in [-0.1, -0.05) is 30.3 Å². The number of methoxy groups -OCH3 is 1. The molecule has 1 unspecified atom stereocenters. The molecule has 0 aliphatic carbocycles. The Kier molecular flexibility index (Phi) is 13.4. The molecule has 154 valence electrons. The Hall–Kier alpha value is -1.63. The molecule has 6 nitrogen and oxygen atoms in total. The zero-order valence-electron chi connectivity index (χ0n) is 17.5. The lowest BCUT2D eigenvalue weighted by Gasteiger charge is -2.18. The van der Waals surface area contributed by atoms with Crippen molar-refractivity contribution < 1.29 is 9.47 Å². The summed E-state index contributed by atoms with van der Waals surface area (Å²) in [4.78, 5) is 6.93. The van der Waals surface area contributed by atoms with Crippen LogP contribution in [0, 0.1) is 0 Å². The van der Waals surface area contributed by atoms with Gasteiger partial charge in [0.05, 0.1) is 6.10 Å². The zero-order chi connectivity index (χ0) is 19.7. The summed E-state index contributed by atoms with van der Waals surface area (Å²) in [5.74, 6) is 0.874. The van der Waals surface area contributed by atoms with E-state index in [4.69, 9.17) is 9.47 Å². The van der Waals surface area contributed by atoms with Crippen LogP contribution in [-0.2, 0) is 9.47 Å². The fourth-order valence-corrected chi connectivity index (χ4v) is 2.63. The molecular weight excluding hydrogens is 340 g/mol. The summed E-state index contributed by atoms with van der Waals surface area (Å²) in [6.45, 7) is 10.2. The molecule has 0 amide bonds. The Morgan fingerprint density at radius 2 is 1.89 bits per heavy atom. The number of aliphatic imine (C=N–C) groups is 1. The maximum atomic E-state index is 5.90. The second-order valence-corrected chi connectivity index (χ2v) is 6.61. The van der Waals surface area contributed by atoms with Crippen LogP contribution in [0.5, 0.6) is 0 Å². The molecule has 27 heavy (non-hydrogen) atoms. The SMILES string of the molecule is CCNC(=NCCCOC(C)c1ccccc1)NCCN(C)CCCOC. The molecule has 0 radical (unpaired) electrons. The lowest BCUT2D eigenvalue weighted by atomic mass is 10.1.